The van der Waals surface area contributed by atoms with Crippen molar-refractivity contribution in [3.05, 3.63) is 70.7 Å². The molecule has 1 fully saturated rings. The number of aromatic nitrogens is 3. The number of rotatable bonds is 5. The van der Waals surface area contributed by atoms with Crippen molar-refractivity contribution in [1.82, 2.24) is 14.8 Å². The van der Waals surface area contributed by atoms with Gasteiger partial charge in [-0.2, -0.15) is 28.8 Å². The number of nitrogens with zero attached hydrogens (tertiary/aromatic N) is 6. The fraction of sp³-hybridized carbons (Fsp3) is 0.320. The molecule has 0 radical (unpaired) electrons. The van der Waals surface area contributed by atoms with Crippen molar-refractivity contribution in [2.24, 2.45) is 5.92 Å². The van der Waals surface area contributed by atoms with Gasteiger partial charge in [0.1, 0.15) is 11.9 Å². The molecule has 0 saturated carbocycles. The molecule has 3 heterocycles. The summed E-state index contributed by atoms with van der Waals surface area (Å²) in [5.74, 6) is 0.320. The first-order chi connectivity index (χ1) is 16.7. The van der Waals surface area contributed by atoms with Gasteiger partial charge >= 0.3 is 6.18 Å². The van der Waals surface area contributed by atoms with E-state index in [4.69, 9.17) is 5.26 Å². The van der Waals surface area contributed by atoms with Gasteiger partial charge in [-0.15, -0.1) is 0 Å². The fourth-order valence-corrected chi connectivity index (χ4v) is 4.17. The smallest absolute Gasteiger partial charge is 0.355 e. The Morgan fingerprint density at radius 1 is 1.14 bits per heavy atom. The fourth-order valence-electron chi connectivity index (χ4n) is 4.17. The van der Waals surface area contributed by atoms with Crippen LogP contribution in [0, 0.1) is 35.5 Å². The van der Waals surface area contributed by atoms with Gasteiger partial charge in [0.15, 0.2) is 5.78 Å². The van der Waals surface area contributed by atoms with E-state index in [0.717, 1.165) is 12.1 Å². The molecule has 0 bridgehead atoms. The molecular formula is C25H21F3N6O. The van der Waals surface area contributed by atoms with Gasteiger partial charge in [-0.3, -0.25) is 4.79 Å². The molecule has 1 saturated heterocycles. The lowest BCUT2D eigenvalue weighted by atomic mass is 9.98. The van der Waals surface area contributed by atoms with Gasteiger partial charge in [-0.05, 0) is 55.7 Å². The first kappa shape index (κ1) is 24.0. The lowest BCUT2D eigenvalue weighted by Gasteiger charge is -2.30. The van der Waals surface area contributed by atoms with Crippen LogP contribution in [0.15, 0.2) is 42.7 Å². The predicted molar refractivity (Wildman–Crippen MR) is 121 cm³/mol. The highest BCUT2D eigenvalue weighted by Gasteiger charge is 2.30. The number of alkyl halides is 3. The lowest BCUT2D eigenvalue weighted by molar-refractivity contribution is -0.137. The number of nitriles is 2. The Balaban J connectivity index is 1.50. The van der Waals surface area contributed by atoms with Crippen molar-refractivity contribution in [1.29, 1.82) is 10.5 Å². The number of carbonyl (C=O) groups excluding carboxylic acids is 1. The maximum Gasteiger partial charge on any atom is 0.416 e. The Morgan fingerprint density at radius 3 is 2.43 bits per heavy atom. The van der Waals surface area contributed by atoms with Crippen LogP contribution in [-0.2, 0) is 12.6 Å². The quantitative estimate of drug-likeness (QED) is 0.496. The molecule has 178 valence electrons. The second-order valence-corrected chi connectivity index (χ2v) is 8.42. The molecule has 0 atom stereocenters. The minimum Gasteiger partial charge on any atom is -0.355 e. The molecule has 1 aromatic carbocycles. The van der Waals surface area contributed by atoms with Crippen LogP contribution >= 0.6 is 0 Å². The van der Waals surface area contributed by atoms with Crippen LogP contribution in [0.2, 0.25) is 0 Å². The van der Waals surface area contributed by atoms with Gasteiger partial charge in [0.2, 0.25) is 0 Å². The normalized spacial score (nSPS) is 14.4. The van der Waals surface area contributed by atoms with Crippen LogP contribution < -0.4 is 4.90 Å². The standard InChI is InChI=1S/C25H21F3N6O/c1-16-22(15-32-34(16)21-4-2-20(3-5-21)25(26,27)28)23(35)11-18-10-19(13-30)24(31-14-18)33-8-6-17(12-29)7-9-33/h2-5,10,14-15,17H,6-9,11H2,1H3. The average molecular weight is 478 g/mol. The molecule has 4 rings (SSSR count). The van der Waals surface area contributed by atoms with Gasteiger partial charge in [0, 0.05) is 31.6 Å². The molecule has 0 spiro atoms. The highest BCUT2D eigenvalue weighted by atomic mass is 19.4. The Labute approximate surface area is 200 Å². The van der Waals surface area contributed by atoms with E-state index in [2.05, 4.69) is 22.2 Å². The number of anilines is 1. The summed E-state index contributed by atoms with van der Waals surface area (Å²) in [5, 5.41) is 22.9. The first-order valence-corrected chi connectivity index (χ1v) is 11.0. The monoisotopic (exact) mass is 478 g/mol. The molecule has 0 amide bonds. The summed E-state index contributed by atoms with van der Waals surface area (Å²) in [6.45, 7) is 2.95. The van der Waals surface area contributed by atoms with Crippen molar-refractivity contribution in [2.45, 2.75) is 32.4 Å². The highest BCUT2D eigenvalue weighted by Crippen LogP contribution is 2.30. The Morgan fingerprint density at radius 2 is 1.83 bits per heavy atom. The molecular weight excluding hydrogens is 457 g/mol. The Kier molecular flexibility index (Phi) is 6.57. The number of carbonyl (C=O) groups is 1. The topological polar surface area (TPSA) is 98.6 Å². The van der Waals surface area contributed by atoms with Crippen molar-refractivity contribution in [3.8, 4) is 17.8 Å². The van der Waals surface area contributed by atoms with Crippen molar-refractivity contribution in [3.63, 3.8) is 0 Å². The lowest BCUT2D eigenvalue weighted by Crippen LogP contribution is -2.34. The minimum absolute atomic E-state index is 0.00197. The Bertz CT molecular complexity index is 1320. The molecule has 0 unspecified atom stereocenters. The van der Waals surface area contributed by atoms with E-state index in [1.165, 1.54) is 23.0 Å². The van der Waals surface area contributed by atoms with Gasteiger partial charge < -0.3 is 4.90 Å². The predicted octanol–water partition coefficient (Wildman–Crippen LogP) is 4.63. The number of hydrogen-bond acceptors (Lipinski definition) is 6. The maximum absolute atomic E-state index is 13.0. The number of Topliss-reactive ketones (excluding diaryl/α,β-unsaturated/α-hetero) is 1. The summed E-state index contributed by atoms with van der Waals surface area (Å²) in [6.07, 6.45) is -0.0471. The molecule has 0 N–H and O–H groups in total. The zero-order valence-electron chi connectivity index (χ0n) is 18.9. The molecule has 3 aromatic rings. The van der Waals surface area contributed by atoms with Crippen LogP contribution in [0.5, 0.6) is 0 Å². The number of ketones is 1. The van der Waals surface area contributed by atoms with Crippen LogP contribution in [-0.4, -0.2) is 33.6 Å². The minimum atomic E-state index is -4.43. The number of benzene rings is 1. The van der Waals surface area contributed by atoms with Crippen LogP contribution in [0.1, 0.15) is 45.6 Å². The third kappa shape index (κ3) is 5.02. The summed E-state index contributed by atoms with van der Waals surface area (Å²) in [7, 11) is 0. The number of hydrogen-bond donors (Lipinski definition) is 0. The zero-order chi connectivity index (χ0) is 25.2. The molecule has 35 heavy (non-hydrogen) atoms. The number of pyridine rings is 1. The van der Waals surface area contributed by atoms with Gasteiger partial charge in [-0.25, -0.2) is 9.67 Å². The third-order valence-corrected chi connectivity index (χ3v) is 6.13. The van der Waals surface area contributed by atoms with Gasteiger partial charge in [0.25, 0.3) is 0 Å². The van der Waals surface area contributed by atoms with E-state index >= 15 is 0 Å². The van der Waals surface area contributed by atoms with E-state index in [-0.39, 0.29) is 18.1 Å². The summed E-state index contributed by atoms with van der Waals surface area (Å²) in [4.78, 5) is 19.4. The maximum atomic E-state index is 13.0. The number of halogens is 3. The third-order valence-electron chi connectivity index (χ3n) is 6.13. The summed E-state index contributed by atoms with van der Waals surface area (Å²) >= 11 is 0. The van der Waals surface area contributed by atoms with Gasteiger partial charge in [0.05, 0.1) is 40.3 Å². The number of piperidine rings is 1. The van der Waals surface area contributed by atoms with E-state index in [0.29, 0.717) is 59.8 Å². The zero-order valence-corrected chi connectivity index (χ0v) is 18.9. The van der Waals surface area contributed by atoms with E-state index < -0.39 is 11.7 Å². The van der Waals surface area contributed by atoms with Gasteiger partial charge in [-0.1, -0.05) is 0 Å². The molecule has 1 aliphatic heterocycles. The Hall–Kier alpha value is -4.18. The first-order valence-electron chi connectivity index (χ1n) is 11.0. The molecule has 0 aliphatic carbocycles. The average Bonchev–Trinajstić information content (AvgIpc) is 3.25. The second-order valence-electron chi connectivity index (χ2n) is 8.42. The van der Waals surface area contributed by atoms with Crippen molar-refractivity contribution >= 4 is 11.6 Å². The highest BCUT2D eigenvalue weighted by molar-refractivity contribution is 5.98. The van der Waals surface area contributed by atoms with Crippen LogP contribution in [0.4, 0.5) is 19.0 Å². The largest absolute Gasteiger partial charge is 0.416 e. The van der Waals surface area contributed by atoms with E-state index in [1.807, 2.05) is 4.90 Å². The van der Waals surface area contributed by atoms with Crippen molar-refractivity contribution in [2.75, 3.05) is 18.0 Å². The SMILES string of the molecule is Cc1c(C(=O)Cc2cnc(N3CCC(C#N)CC3)c(C#N)c2)cnn1-c1ccc(C(F)(F)F)cc1. The summed E-state index contributed by atoms with van der Waals surface area (Å²) in [6, 6.07) is 10.6. The molecule has 10 heteroatoms. The second kappa shape index (κ2) is 9.59. The summed E-state index contributed by atoms with van der Waals surface area (Å²) in [5.41, 5.74) is 1.42. The van der Waals surface area contributed by atoms with E-state index in [9.17, 15) is 23.2 Å². The van der Waals surface area contributed by atoms with Crippen LogP contribution in [0.3, 0.4) is 0 Å². The van der Waals surface area contributed by atoms with Crippen molar-refractivity contribution < 1.29 is 18.0 Å². The summed E-state index contributed by atoms with van der Waals surface area (Å²) < 4.78 is 39.9. The van der Waals surface area contributed by atoms with Crippen LogP contribution in [0.25, 0.3) is 5.69 Å². The molecule has 1 aliphatic rings. The van der Waals surface area contributed by atoms with E-state index in [1.54, 1.807) is 19.2 Å². The molecule has 2 aromatic heterocycles. The molecule has 7 nitrogen and oxygen atoms in total.